The lowest BCUT2D eigenvalue weighted by Crippen LogP contribution is -2.31. The molecule has 0 spiro atoms. The van der Waals surface area contributed by atoms with Gasteiger partial charge in [0.05, 0.1) is 0 Å². The van der Waals surface area contributed by atoms with E-state index in [0.717, 1.165) is 12.0 Å². The summed E-state index contributed by atoms with van der Waals surface area (Å²) in [4.78, 5) is -0.289. The summed E-state index contributed by atoms with van der Waals surface area (Å²) in [6, 6.07) is 11.1. The standard InChI is InChI=1S/C18H21ClFNO3S/c1-12(24-16-7-5-15(19)6-8-16)11-21-13(2)14-4-9-18(17(20)10-14)25(3,22)23/h4-10,12-13,21H,11H2,1-3H3/t12-,13?/m0/s1. The molecule has 4 nitrogen and oxygen atoms in total. The Bertz CT molecular complexity index is 825. The van der Waals surface area contributed by atoms with Crippen LogP contribution in [0.2, 0.25) is 5.02 Å². The molecule has 2 rings (SSSR count). The fourth-order valence-corrected chi connectivity index (χ4v) is 3.19. The first-order valence-electron chi connectivity index (χ1n) is 7.82. The Morgan fingerprint density at radius 2 is 1.80 bits per heavy atom. The molecular formula is C18H21ClFNO3S. The summed E-state index contributed by atoms with van der Waals surface area (Å²) in [5.41, 5.74) is 0.670. The fraction of sp³-hybridized carbons (Fsp3) is 0.333. The van der Waals surface area contributed by atoms with Crippen molar-refractivity contribution in [2.24, 2.45) is 0 Å². The Kier molecular flexibility index (Phi) is 6.43. The molecule has 0 aliphatic rings. The quantitative estimate of drug-likeness (QED) is 0.782. The number of halogens is 2. The third kappa shape index (κ3) is 5.70. The van der Waals surface area contributed by atoms with Gasteiger partial charge in [-0.3, -0.25) is 0 Å². The van der Waals surface area contributed by atoms with E-state index in [-0.39, 0.29) is 17.0 Å². The number of nitrogens with one attached hydrogen (secondary N) is 1. The van der Waals surface area contributed by atoms with Gasteiger partial charge in [-0.15, -0.1) is 0 Å². The van der Waals surface area contributed by atoms with Crippen molar-refractivity contribution in [2.75, 3.05) is 12.8 Å². The average Bonchev–Trinajstić information content (AvgIpc) is 2.53. The molecule has 0 heterocycles. The minimum Gasteiger partial charge on any atom is -0.489 e. The van der Waals surface area contributed by atoms with Gasteiger partial charge in [0.25, 0.3) is 0 Å². The van der Waals surface area contributed by atoms with Crippen LogP contribution in [-0.2, 0) is 9.84 Å². The molecule has 0 fully saturated rings. The smallest absolute Gasteiger partial charge is 0.178 e. The highest BCUT2D eigenvalue weighted by atomic mass is 35.5. The van der Waals surface area contributed by atoms with E-state index in [1.807, 2.05) is 13.8 Å². The molecule has 0 amide bonds. The molecule has 0 aromatic heterocycles. The van der Waals surface area contributed by atoms with E-state index in [4.69, 9.17) is 16.3 Å². The van der Waals surface area contributed by atoms with Crippen LogP contribution in [0, 0.1) is 5.82 Å². The van der Waals surface area contributed by atoms with Gasteiger partial charge in [-0.05, 0) is 55.8 Å². The Hall–Kier alpha value is -1.63. The van der Waals surface area contributed by atoms with Gasteiger partial charge in [-0.25, -0.2) is 12.8 Å². The predicted molar refractivity (Wildman–Crippen MR) is 97.5 cm³/mol. The summed E-state index contributed by atoms with van der Waals surface area (Å²) in [7, 11) is -3.56. The Balaban J connectivity index is 1.94. The molecule has 1 N–H and O–H groups in total. The van der Waals surface area contributed by atoms with Crippen molar-refractivity contribution in [2.45, 2.75) is 30.9 Å². The summed E-state index contributed by atoms with van der Waals surface area (Å²) in [5.74, 6) is -0.0194. The van der Waals surface area contributed by atoms with Crippen LogP contribution >= 0.6 is 11.6 Å². The maximum atomic E-state index is 14.0. The molecule has 2 aromatic carbocycles. The topological polar surface area (TPSA) is 55.4 Å². The molecule has 0 radical (unpaired) electrons. The molecule has 0 saturated heterocycles. The molecule has 7 heteroatoms. The monoisotopic (exact) mass is 385 g/mol. The van der Waals surface area contributed by atoms with E-state index in [2.05, 4.69) is 5.32 Å². The number of hydrogen-bond donors (Lipinski definition) is 1. The van der Waals surface area contributed by atoms with Crippen LogP contribution in [0.25, 0.3) is 0 Å². The summed E-state index contributed by atoms with van der Waals surface area (Å²) in [6.07, 6.45) is 0.881. The van der Waals surface area contributed by atoms with Gasteiger partial charge in [-0.1, -0.05) is 17.7 Å². The molecule has 2 aromatic rings. The first kappa shape index (κ1) is 19.7. The molecule has 0 aliphatic heterocycles. The zero-order chi connectivity index (χ0) is 18.6. The van der Waals surface area contributed by atoms with Crippen LogP contribution in [0.1, 0.15) is 25.5 Å². The van der Waals surface area contributed by atoms with Crippen molar-refractivity contribution in [3.63, 3.8) is 0 Å². The summed E-state index contributed by atoms with van der Waals surface area (Å²) in [5, 5.41) is 3.89. The van der Waals surface area contributed by atoms with E-state index in [1.54, 1.807) is 30.3 Å². The molecule has 2 atom stereocenters. The maximum Gasteiger partial charge on any atom is 0.178 e. The first-order valence-corrected chi connectivity index (χ1v) is 10.1. The molecule has 25 heavy (non-hydrogen) atoms. The highest BCUT2D eigenvalue weighted by Gasteiger charge is 2.16. The minimum atomic E-state index is -3.56. The third-order valence-electron chi connectivity index (χ3n) is 3.72. The molecule has 0 saturated carbocycles. The zero-order valence-corrected chi connectivity index (χ0v) is 15.9. The average molecular weight is 386 g/mol. The summed E-state index contributed by atoms with van der Waals surface area (Å²) in [6.45, 7) is 4.34. The minimum absolute atomic E-state index is 0.108. The van der Waals surface area contributed by atoms with Crippen molar-refractivity contribution in [3.05, 3.63) is 58.9 Å². The van der Waals surface area contributed by atoms with E-state index in [1.165, 1.54) is 12.1 Å². The van der Waals surface area contributed by atoms with Gasteiger partial charge in [0.2, 0.25) is 0 Å². The highest BCUT2D eigenvalue weighted by Crippen LogP contribution is 2.21. The molecule has 136 valence electrons. The Labute approximate surface area is 152 Å². The lowest BCUT2D eigenvalue weighted by molar-refractivity contribution is 0.212. The Morgan fingerprint density at radius 1 is 1.16 bits per heavy atom. The second-order valence-electron chi connectivity index (χ2n) is 5.97. The lowest BCUT2D eigenvalue weighted by Gasteiger charge is -2.20. The van der Waals surface area contributed by atoms with E-state index < -0.39 is 15.7 Å². The maximum absolute atomic E-state index is 14.0. The fourth-order valence-electron chi connectivity index (χ4n) is 2.33. The van der Waals surface area contributed by atoms with Crippen LogP contribution in [0.3, 0.4) is 0 Å². The van der Waals surface area contributed by atoms with Gasteiger partial charge in [-0.2, -0.15) is 0 Å². The van der Waals surface area contributed by atoms with Gasteiger partial charge in [0, 0.05) is 23.9 Å². The van der Waals surface area contributed by atoms with E-state index >= 15 is 0 Å². The van der Waals surface area contributed by atoms with Gasteiger partial charge < -0.3 is 10.1 Å². The van der Waals surface area contributed by atoms with Crippen LogP contribution < -0.4 is 10.1 Å². The second kappa shape index (κ2) is 8.17. The number of rotatable bonds is 7. The van der Waals surface area contributed by atoms with Crippen LogP contribution in [-0.4, -0.2) is 27.3 Å². The van der Waals surface area contributed by atoms with Crippen molar-refractivity contribution in [3.8, 4) is 5.75 Å². The lowest BCUT2D eigenvalue weighted by atomic mass is 10.1. The van der Waals surface area contributed by atoms with Crippen molar-refractivity contribution in [1.29, 1.82) is 0 Å². The van der Waals surface area contributed by atoms with Crippen LogP contribution in [0.15, 0.2) is 47.4 Å². The van der Waals surface area contributed by atoms with Crippen LogP contribution in [0.4, 0.5) is 4.39 Å². The van der Waals surface area contributed by atoms with Crippen molar-refractivity contribution < 1.29 is 17.5 Å². The number of sulfone groups is 1. The van der Waals surface area contributed by atoms with E-state index in [0.29, 0.717) is 17.1 Å². The van der Waals surface area contributed by atoms with Crippen LogP contribution in [0.5, 0.6) is 5.75 Å². The molecule has 0 bridgehead atoms. The largest absolute Gasteiger partial charge is 0.489 e. The molecule has 1 unspecified atom stereocenters. The normalized spacial score (nSPS) is 14.1. The van der Waals surface area contributed by atoms with Crippen molar-refractivity contribution in [1.82, 2.24) is 5.32 Å². The predicted octanol–water partition coefficient (Wildman–Crippen LogP) is 4.00. The molecular weight excluding hydrogens is 365 g/mol. The first-order chi connectivity index (χ1) is 11.7. The highest BCUT2D eigenvalue weighted by molar-refractivity contribution is 7.90. The van der Waals surface area contributed by atoms with E-state index in [9.17, 15) is 12.8 Å². The van der Waals surface area contributed by atoms with Crippen molar-refractivity contribution >= 4 is 21.4 Å². The van der Waals surface area contributed by atoms with Gasteiger partial charge >= 0.3 is 0 Å². The Morgan fingerprint density at radius 3 is 2.36 bits per heavy atom. The number of benzene rings is 2. The number of ether oxygens (including phenoxy) is 1. The summed E-state index contributed by atoms with van der Waals surface area (Å²) < 4.78 is 42.7. The zero-order valence-electron chi connectivity index (χ0n) is 14.3. The second-order valence-corrected chi connectivity index (χ2v) is 8.39. The third-order valence-corrected chi connectivity index (χ3v) is 5.10. The number of hydrogen-bond acceptors (Lipinski definition) is 4. The molecule has 0 aliphatic carbocycles. The van der Waals surface area contributed by atoms with Gasteiger partial charge in [0.15, 0.2) is 9.84 Å². The summed E-state index contributed by atoms with van der Waals surface area (Å²) >= 11 is 5.83. The van der Waals surface area contributed by atoms with Gasteiger partial charge in [0.1, 0.15) is 22.6 Å². The SMILES string of the molecule is CC(NC[C@H](C)Oc1ccc(Cl)cc1)c1ccc(S(C)(=O)=O)c(F)c1.